The molecule has 0 heterocycles. The van der Waals surface area contributed by atoms with Gasteiger partial charge in [0.15, 0.2) is 0 Å². The number of aliphatic hydroxyl groups is 1. The predicted octanol–water partition coefficient (Wildman–Crippen LogP) is 4.97. The molecule has 0 saturated heterocycles. The van der Waals surface area contributed by atoms with Crippen LogP contribution in [0.2, 0.25) is 10.0 Å². The minimum Gasteiger partial charge on any atom is -0.388 e. The van der Waals surface area contributed by atoms with Crippen molar-refractivity contribution in [2.75, 3.05) is 0 Å². The fourth-order valence-corrected chi connectivity index (χ4v) is 2.27. The molecule has 0 aliphatic rings. The van der Waals surface area contributed by atoms with E-state index in [1.807, 2.05) is 43.3 Å². The summed E-state index contributed by atoms with van der Waals surface area (Å²) in [7, 11) is 0. The molecule has 0 aromatic heterocycles. The highest BCUT2D eigenvalue weighted by molar-refractivity contribution is 6.42. The molecule has 3 heteroatoms. The third kappa shape index (κ3) is 3.97. The van der Waals surface area contributed by atoms with Crippen molar-refractivity contribution in [2.45, 2.75) is 25.9 Å². The minimum atomic E-state index is -0.449. The second-order valence-electron chi connectivity index (χ2n) is 4.71. The van der Waals surface area contributed by atoms with Crippen LogP contribution in [0.15, 0.2) is 42.5 Å². The smallest absolute Gasteiger partial charge is 0.0793 e. The Bertz CT molecular complexity index is 549. The molecule has 1 nitrogen and oxygen atoms in total. The monoisotopic (exact) mass is 294 g/mol. The summed E-state index contributed by atoms with van der Waals surface area (Å²) in [5.41, 5.74) is 3.23. The number of benzene rings is 2. The van der Waals surface area contributed by atoms with Crippen LogP contribution in [-0.4, -0.2) is 5.11 Å². The number of hydrogen-bond acceptors (Lipinski definition) is 1. The van der Waals surface area contributed by atoms with E-state index >= 15 is 0 Å². The Labute approximate surface area is 123 Å². The first-order valence-electron chi connectivity index (χ1n) is 6.25. The summed E-state index contributed by atoms with van der Waals surface area (Å²) in [6.07, 6.45) is 0.988. The van der Waals surface area contributed by atoms with E-state index in [2.05, 4.69) is 0 Å². The van der Waals surface area contributed by atoms with E-state index in [0.717, 1.165) is 17.5 Å². The lowest BCUT2D eigenvalue weighted by atomic mass is 10.0. The third-order valence-corrected chi connectivity index (χ3v) is 3.89. The summed E-state index contributed by atoms with van der Waals surface area (Å²) in [4.78, 5) is 0. The van der Waals surface area contributed by atoms with Crippen LogP contribution in [0.3, 0.4) is 0 Å². The first-order valence-corrected chi connectivity index (χ1v) is 7.00. The Hall–Kier alpha value is -1.02. The number of aryl methyl sites for hydroxylation is 2. The highest BCUT2D eigenvalue weighted by Gasteiger charge is 2.08. The summed E-state index contributed by atoms with van der Waals surface area (Å²) >= 11 is 11.8. The van der Waals surface area contributed by atoms with Gasteiger partial charge < -0.3 is 5.11 Å². The maximum absolute atomic E-state index is 10.1. The molecule has 19 heavy (non-hydrogen) atoms. The predicted molar refractivity (Wildman–Crippen MR) is 80.9 cm³/mol. The quantitative estimate of drug-likeness (QED) is 0.844. The molecular formula is C16H16Cl2O. The molecule has 0 amide bonds. The molecule has 0 spiro atoms. The molecule has 0 radical (unpaired) electrons. The van der Waals surface area contributed by atoms with E-state index in [0.29, 0.717) is 16.5 Å². The van der Waals surface area contributed by atoms with E-state index < -0.39 is 6.10 Å². The van der Waals surface area contributed by atoms with Gasteiger partial charge in [-0.2, -0.15) is 0 Å². The highest BCUT2D eigenvalue weighted by atomic mass is 35.5. The van der Waals surface area contributed by atoms with Crippen LogP contribution >= 0.6 is 23.2 Å². The number of hydrogen-bond donors (Lipinski definition) is 1. The Morgan fingerprint density at radius 3 is 2.32 bits per heavy atom. The van der Waals surface area contributed by atoms with Gasteiger partial charge in [0.1, 0.15) is 0 Å². The van der Waals surface area contributed by atoms with E-state index in [1.165, 1.54) is 5.56 Å². The van der Waals surface area contributed by atoms with Gasteiger partial charge in [0.05, 0.1) is 16.1 Å². The van der Waals surface area contributed by atoms with E-state index in [-0.39, 0.29) is 0 Å². The lowest BCUT2D eigenvalue weighted by Gasteiger charge is -2.11. The molecule has 1 unspecified atom stereocenters. The summed E-state index contributed by atoms with van der Waals surface area (Å²) in [6, 6.07) is 13.5. The molecule has 2 rings (SSSR count). The van der Waals surface area contributed by atoms with Crippen molar-refractivity contribution < 1.29 is 5.11 Å². The second-order valence-corrected chi connectivity index (χ2v) is 5.53. The number of rotatable bonds is 4. The zero-order chi connectivity index (χ0) is 13.8. The van der Waals surface area contributed by atoms with Gasteiger partial charge in [-0.25, -0.2) is 0 Å². The van der Waals surface area contributed by atoms with Crippen LogP contribution in [0.5, 0.6) is 0 Å². The van der Waals surface area contributed by atoms with Crippen LogP contribution < -0.4 is 0 Å². The van der Waals surface area contributed by atoms with Gasteiger partial charge in [-0.05, 0) is 43.0 Å². The lowest BCUT2D eigenvalue weighted by molar-refractivity contribution is 0.168. The topological polar surface area (TPSA) is 20.2 Å². The van der Waals surface area contributed by atoms with Crippen molar-refractivity contribution in [1.82, 2.24) is 0 Å². The summed E-state index contributed by atoms with van der Waals surface area (Å²) in [5, 5.41) is 11.3. The molecule has 0 aliphatic heterocycles. The van der Waals surface area contributed by atoms with E-state index in [1.54, 1.807) is 6.07 Å². The van der Waals surface area contributed by atoms with Crippen molar-refractivity contribution in [1.29, 1.82) is 0 Å². The zero-order valence-electron chi connectivity index (χ0n) is 10.7. The van der Waals surface area contributed by atoms with Gasteiger partial charge >= 0.3 is 0 Å². The maximum atomic E-state index is 10.1. The SMILES string of the molecule is Cc1ccc(C(O)CCc2ccc(Cl)c(Cl)c2)cc1. The standard InChI is InChI=1S/C16H16Cl2O/c1-11-2-6-13(7-3-11)16(19)9-5-12-4-8-14(17)15(18)10-12/h2-4,6-8,10,16,19H,5,9H2,1H3. The first kappa shape index (κ1) is 14.4. The molecule has 1 N–H and O–H groups in total. The fourth-order valence-electron chi connectivity index (χ4n) is 1.95. The van der Waals surface area contributed by atoms with Gasteiger partial charge in [0, 0.05) is 0 Å². The number of aliphatic hydroxyl groups excluding tert-OH is 1. The Morgan fingerprint density at radius 2 is 1.68 bits per heavy atom. The molecule has 2 aromatic rings. The summed E-state index contributed by atoms with van der Waals surface area (Å²) in [6.45, 7) is 2.03. The zero-order valence-corrected chi connectivity index (χ0v) is 12.2. The van der Waals surface area contributed by atoms with Crippen LogP contribution in [0.25, 0.3) is 0 Å². The second kappa shape index (κ2) is 6.42. The Balaban J connectivity index is 1.98. The molecule has 1 atom stereocenters. The number of halogens is 2. The molecule has 0 fully saturated rings. The molecule has 2 aromatic carbocycles. The lowest BCUT2D eigenvalue weighted by Crippen LogP contribution is -1.99. The minimum absolute atomic E-state index is 0.449. The largest absolute Gasteiger partial charge is 0.388 e. The molecular weight excluding hydrogens is 279 g/mol. The van der Waals surface area contributed by atoms with Crippen LogP contribution in [0.4, 0.5) is 0 Å². The Kier molecular flexibility index (Phi) is 4.87. The van der Waals surface area contributed by atoms with Crippen LogP contribution in [0, 0.1) is 6.92 Å². The molecule has 0 bridgehead atoms. The highest BCUT2D eigenvalue weighted by Crippen LogP contribution is 2.25. The fraction of sp³-hybridized carbons (Fsp3) is 0.250. The van der Waals surface area contributed by atoms with Gasteiger partial charge in [-0.15, -0.1) is 0 Å². The summed E-state index contributed by atoms with van der Waals surface area (Å²) in [5.74, 6) is 0. The van der Waals surface area contributed by atoms with Gasteiger partial charge in [-0.3, -0.25) is 0 Å². The van der Waals surface area contributed by atoms with Gasteiger partial charge in [-0.1, -0.05) is 59.1 Å². The van der Waals surface area contributed by atoms with Gasteiger partial charge in [0.2, 0.25) is 0 Å². The van der Waals surface area contributed by atoms with Crippen molar-refractivity contribution in [3.05, 3.63) is 69.2 Å². The van der Waals surface area contributed by atoms with Crippen molar-refractivity contribution in [3.8, 4) is 0 Å². The van der Waals surface area contributed by atoms with Gasteiger partial charge in [0.25, 0.3) is 0 Å². The van der Waals surface area contributed by atoms with E-state index in [9.17, 15) is 5.11 Å². The van der Waals surface area contributed by atoms with Crippen molar-refractivity contribution in [2.24, 2.45) is 0 Å². The molecule has 0 saturated carbocycles. The average Bonchev–Trinajstić information content (AvgIpc) is 2.40. The van der Waals surface area contributed by atoms with Crippen LogP contribution in [0.1, 0.15) is 29.2 Å². The average molecular weight is 295 g/mol. The maximum Gasteiger partial charge on any atom is 0.0793 e. The summed E-state index contributed by atoms with van der Waals surface area (Å²) < 4.78 is 0. The van der Waals surface area contributed by atoms with Crippen molar-refractivity contribution >= 4 is 23.2 Å². The van der Waals surface area contributed by atoms with Crippen molar-refractivity contribution in [3.63, 3.8) is 0 Å². The third-order valence-electron chi connectivity index (χ3n) is 3.15. The normalized spacial score (nSPS) is 12.4. The first-order chi connectivity index (χ1) is 9.06. The molecule has 100 valence electrons. The van der Waals surface area contributed by atoms with E-state index in [4.69, 9.17) is 23.2 Å². The van der Waals surface area contributed by atoms with Crippen LogP contribution in [-0.2, 0) is 6.42 Å². The molecule has 0 aliphatic carbocycles. The Morgan fingerprint density at radius 1 is 1.00 bits per heavy atom.